The van der Waals surface area contributed by atoms with Gasteiger partial charge >= 0.3 is 0 Å². The van der Waals surface area contributed by atoms with Crippen LogP contribution < -0.4 is 10.2 Å². The lowest BCUT2D eigenvalue weighted by molar-refractivity contribution is -0.169. The van der Waals surface area contributed by atoms with Crippen LogP contribution in [0, 0.1) is 6.92 Å². The molecule has 1 amide bonds. The number of ether oxygens (including phenoxy) is 2. The summed E-state index contributed by atoms with van der Waals surface area (Å²) in [5.41, 5.74) is 3.32. The van der Waals surface area contributed by atoms with E-state index in [1.54, 1.807) is 6.07 Å². The second-order valence-electron chi connectivity index (χ2n) is 7.29. The molecule has 4 rings (SSSR count). The topological polar surface area (TPSA) is 76.6 Å². The van der Waals surface area contributed by atoms with Crippen LogP contribution in [0.3, 0.4) is 0 Å². The molecule has 3 heterocycles. The highest BCUT2D eigenvalue weighted by Gasteiger charge is 2.40. The minimum atomic E-state index is -0.408. The molecule has 2 aromatic rings. The first-order valence-electron chi connectivity index (χ1n) is 9.87. The summed E-state index contributed by atoms with van der Waals surface area (Å²) in [6.07, 6.45) is 2.47. The zero-order chi connectivity index (χ0) is 19.6. The maximum atomic E-state index is 12.6. The van der Waals surface area contributed by atoms with Gasteiger partial charge in [0.1, 0.15) is 0 Å². The van der Waals surface area contributed by atoms with Gasteiger partial charge < -0.3 is 19.7 Å². The Hall–Kier alpha value is -2.51. The Bertz CT molecular complexity index is 837. The number of rotatable bonds is 4. The molecule has 0 bridgehead atoms. The average Bonchev–Trinajstić information content (AvgIpc) is 3.18. The molecule has 2 fully saturated rings. The molecule has 7 nitrogen and oxygen atoms in total. The fourth-order valence-electron chi connectivity index (χ4n) is 3.86. The van der Waals surface area contributed by atoms with Crippen LogP contribution in [0.15, 0.2) is 30.3 Å². The largest absolute Gasteiger partial charge is 0.355 e. The molecule has 7 heteroatoms. The Morgan fingerprint density at radius 1 is 1.14 bits per heavy atom. The Morgan fingerprint density at radius 3 is 2.54 bits per heavy atom. The van der Waals surface area contributed by atoms with Gasteiger partial charge in [0, 0.05) is 31.6 Å². The lowest BCUT2D eigenvalue weighted by Gasteiger charge is -2.37. The summed E-state index contributed by atoms with van der Waals surface area (Å²) in [4.78, 5) is 14.8. The van der Waals surface area contributed by atoms with Gasteiger partial charge in [-0.25, -0.2) is 0 Å². The number of nitrogens with zero attached hydrogens (tertiary/aromatic N) is 3. The van der Waals surface area contributed by atoms with Crippen molar-refractivity contribution >= 4 is 17.4 Å². The van der Waals surface area contributed by atoms with Gasteiger partial charge in [-0.1, -0.05) is 25.1 Å². The van der Waals surface area contributed by atoms with Crippen molar-refractivity contribution in [3.8, 4) is 0 Å². The maximum Gasteiger partial charge on any atom is 0.276 e. The Balaban J connectivity index is 1.41. The van der Waals surface area contributed by atoms with E-state index in [4.69, 9.17) is 9.47 Å². The van der Waals surface area contributed by atoms with Crippen LogP contribution in [0.25, 0.3) is 0 Å². The highest BCUT2D eigenvalue weighted by atomic mass is 16.7. The molecule has 0 unspecified atom stereocenters. The van der Waals surface area contributed by atoms with Crippen molar-refractivity contribution in [1.29, 1.82) is 0 Å². The number of carbonyl (C=O) groups excluding carboxylic acids is 1. The van der Waals surface area contributed by atoms with E-state index in [2.05, 4.69) is 27.3 Å². The van der Waals surface area contributed by atoms with Crippen LogP contribution in [0.4, 0.5) is 11.5 Å². The summed E-state index contributed by atoms with van der Waals surface area (Å²) in [7, 11) is 0. The van der Waals surface area contributed by atoms with Gasteiger partial charge in [-0.15, -0.1) is 10.2 Å². The molecule has 2 aliphatic rings. The van der Waals surface area contributed by atoms with Crippen LogP contribution in [-0.4, -0.2) is 48.2 Å². The molecular formula is C21H26N4O3. The molecule has 1 aromatic heterocycles. The summed E-state index contributed by atoms with van der Waals surface area (Å²) >= 11 is 0. The second kappa shape index (κ2) is 7.85. The van der Waals surface area contributed by atoms with Crippen molar-refractivity contribution in [1.82, 2.24) is 10.2 Å². The number of hydrogen-bond donors (Lipinski definition) is 1. The Labute approximate surface area is 165 Å². The predicted octanol–water partition coefficient (Wildman–Crippen LogP) is 2.94. The van der Waals surface area contributed by atoms with E-state index in [1.165, 1.54) is 0 Å². The standard InChI is InChI=1S/C21H26N4O3/c1-3-16-6-4-5-15(2)19(16)22-20(26)17-7-8-18(24-23-17)25-11-9-21(10-12-25)27-13-14-28-21/h4-8H,3,9-14H2,1-2H3,(H,22,26). The minimum Gasteiger partial charge on any atom is -0.355 e. The summed E-state index contributed by atoms with van der Waals surface area (Å²) in [5.74, 6) is 0.122. The Morgan fingerprint density at radius 2 is 1.89 bits per heavy atom. The average molecular weight is 382 g/mol. The lowest BCUT2D eigenvalue weighted by Crippen LogP contribution is -2.45. The van der Waals surface area contributed by atoms with Crippen LogP contribution in [0.2, 0.25) is 0 Å². The van der Waals surface area contributed by atoms with Crippen molar-refractivity contribution in [3.63, 3.8) is 0 Å². The van der Waals surface area contributed by atoms with E-state index in [-0.39, 0.29) is 5.91 Å². The molecule has 148 valence electrons. The highest BCUT2D eigenvalue weighted by Crippen LogP contribution is 2.32. The zero-order valence-corrected chi connectivity index (χ0v) is 16.4. The number of aryl methyl sites for hydroxylation is 2. The molecule has 2 aliphatic heterocycles. The van der Waals surface area contributed by atoms with E-state index in [0.717, 1.165) is 55.0 Å². The third kappa shape index (κ3) is 3.72. The third-order valence-corrected chi connectivity index (χ3v) is 5.52. The van der Waals surface area contributed by atoms with Gasteiger partial charge in [0.25, 0.3) is 5.91 Å². The first-order valence-corrected chi connectivity index (χ1v) is 9.87. The first kappa shape index (κ1) is 18.8. The first-order chi connectivity index (χ1) is 13.6. The van der Waals surface area contributed by atoms with Gasteiger partial charge in [0.05, 0.1) is 13.2 Å². The fourth-order valence-corrected chi connectivity index (χ4v) is 3.86. The molecule has 1 N–H and O–H groups in total. The summed E-state index contributed by atoms with van der Waals surface area (Å²) in [6.45, 7) is 7.00. The number of benzene rings is 1. The molecule has 1 aromatic carbocycles. The van der Waals surface area contributed by atoms with Crippen molar-refractivity contribution < 1.29 is 14.3 Å². The van der Waals surface area contributed by atoms with Crippen LogP contribution in [0.5, 0.6) is 0 Å². The van der Waals surface area contributed by atoms with Crippen molar-refractivity contribution in [2.75, 3.05) is 36.5 Å². The number of piperidine rings is 1. The van der Waals surface area contributed by atoms with Crippen LogP contribution in [0.1, 0.15) is 41.4 Å². The number of nitrogens with one attached hydrogen (secondary N) is 1. The van der Waals surface area contributed by atoms with Crippen molar-refractivity contribution in [3.05, 3.63) is 47.2 Å². The van der Waals surface area contributed by atoms with Gasteiger partial charge in [0.15, 0.2) is 17.3 Å². The van der Waals surface area contributed by atoms with Crippen LogP contribution >= 0.6 is 0 Å². The molecule has 0 aliphatic carbocycles. The molecule has 2 saturated heterocycles. The van der Waals surface area contributed by atoms with E-state index < -0.39 is 5.79 Å². The van der Waals surface area contributed by atoms with E-state index >= 15 is 0 Å². The normalized spacial score (nSPS) is 18.4. The van der Waals surface area contributed by atoms with Gasteiger partial charge in [-0.2, -0.15) is 0 Å². The summed E-state index contributed by atoms with van der Waals surface area (Å²) in [5, 5.41) is 11.4. The molecule has 1 spiro atoms. The number of carbonyl (C=O) groups is 1. The predicted molar refractivity (Wildman–Crippen MR) is 107 cm³/mol. The van der Waals surface area contributed by atoms with Gasteiger partial charge in [0.2, 0.25) is 0 Å². The SMILES string of the molecule is CCc1cccc(C)c1NC(=O)c1ccc(N2CCC3(CC2)OCCO3)nn1. The van der Waals surface area contributed by atoms with E-state index in [0.29, 0.717) is 18.9 Å². The number of amides is 1. The smallest absolute Gasteiger partial charge is 0.276 e. The number of anilines is 2. The van der Waals surface area contributed by atoms with Gasteiger partial charge in [-0.05, 0) is 36.6 Å². The number of hydrogen-bond acceptors (Lipinski definition) is 6. The van der Waals surface area contributed by atoms with Gasteiger partial charge in [-0.3, -0.25) is 4.79 Å². The van der Waals surface area contributed by atoms with Crippen LogP contribution in [-0.2, 0) is 15.9 Å². The van der Waals surface area contributed by atoms with E-state index in [1.807, 2.05) is 31.2 Å². The lowest BCUT2D eigenvalue weighted by atomic mass is 10.0. The summed E-state index contributed by atoms with van der Waals surface area (Å²) < 4.78 is 11.5. The second-order valence-corrected chi connectivity index (χ2v) is 7.29. The summed E-state index contributed by atoms with van der Waals surface area (Å²) in [6, 6.07) is 9.61. The minimum absolute atomic E-state index is 0.242. The fraction of sp³-hybridized carbons (Fsp3) is 0.476. The zero-order valence-electron chi connectivity index (χ0n) is 16.4. The molecule has 0 radical (unpaired) electrons. The highest BCUT2D eigenvalue weighted by molar-refractivity contribution is 6.03. The number of para-hydroxylation sites is 1. The molecular weight excluding hydrogens is 356 g/mol. The van der Waals surface area contributed by atoms with Crippen molar-refractivity contribution in [2.45, 2.75) is 38.9 Å². The monoisotopic (exact) mass is 382 g/mol. The van der Waals surface area contributed by atoms with Crippen molar-refractivity contribution in [2.24, 2.45) is 0 Å². The number of aromatic nitrogens is 2. The molecule has 0 saturated carbocycles. The Kier molecular flexibility index (Phi) is 5.28. The maximum absolute atomic E-state index is 12.6. The molecule has 28 heavy (non-hydrogen) atoms. The van der Waals surface area contributed by atoms with E-state index in [9.17, 15) is 4.79 Å². The third-order valence-electron chi connectivity index (χ3n) is 5.52. The molecule has 0 atom stereocenters. The quantitative estimate of drug-likeness (QED) is 0.876.